The third kappa shape index (κ3) is 4.83. The van der Waals surface area contributed by atoms with Crippen LogP contribution in [0.2, 0.25) is 0 Å². The van der Waals surface area contributed by atoms with E-state index in [1.54, 1.807) is 0 Å². The molecule has 0 atom stereocenters. The molecule has 248 valence electrons. The van der Waals surface area contributed by atoms with Gasteiger partial charge < -0.3 is 4.42 Å². The molecule has 0 saturated heterocycles. The van der Waals surface area contributed by atoms with Crippen LogP contribution in [-0.2, 0) is 0 Å². The maximum atomic E-state index is 6.33. The lowest BCUT2D eigenvalue weighted by Gasteiger charge is -2.19. The normalized spacial score (nSPS) is 12.7. The standard InChI is InChI=1S/C51H33NO/c1-3-11-36-29-39(23-19-32(36)9-1)48-42-14-5-6-15-43(42)49(40-24-20-33-10-2-4-12-37(33)30-40)46-31-38(25-26-44(46)48)34-17-21-35(22-18-34)50-51-45(27-28-52-50)41-13-7-8-16-47(41)53-51/h1-4,7-31H,5-6H2. The zero-order valence-corrected chi connectivity index (χ0v) is 29.0. The first kappa shape index (κ1) is 29.9. The molecule has 0 saturated carbocycles. The maximum Gasteiger partial charge on any atom is 0.161 e. The number of rotatable bonds is 4. The Morgan fingerprint density at radius 2 is 0.962 bits per heavy atom. The van der Waals surface area contributed by atoms with Gasteiger partial charge in [0.25, 0.3) is 0 Å². The molecule has 2 aromatic heterocycles. The van der Waals surface area contributed by atoms with Gasteiger partial charge in [0.1, 0.15) is 11.3 Å². The van der Waals surface area contributed by atoms with Crippen LogP contribution < -0.4 is 10.4 Å². The molecule has 2 nitrogen and oxygen atoms in total. The van der Waals surface area contributed by atoms with Gasteiger partial charge in [0, 0.05) is 22.5 Å². The average Bonchev–Trinajstić information content (AvgIpc) is 3.61. The molecular formula is C51H33NO. The highest BCUT2D eigenvalue weighted by molar-refractivity contribution is 6.10. The molecule has 0 N–H and O–H groups in total. The fraction of sp³-hybridized carbons (Fsp3) is 0.0392. The fourth-order valence-corrected chi connectivity index (χ4v) is 8.58. The highest BCUT2D eigenvalue weighted by atomic mass is 16.3. The summed E-state index contributed by atoms with van der Waals surface area (Å²) in [5, 5.41) is 12.4. The van der Waals surface area contributed by atoms with Gasteiger partial charge in [0.2, 0.25) is 0 Å². The van der Waals surface area contributed by atoms with E-state index in [2.05, 4.69) is 152 Å². The summed E-state index contributed by atoms with van der Waals surface area (Å²) < 4.78 is 6.33. The van der Waals surface area contributed by atoms with Crippen LogP contribution in [-0.4, -0.2) is 4.98 Å². The first-order valence-corrected chi connectivity index (χ1v) is 18.4. The molecule has 1 aliphatic rings. The molecular weight excluding hydrogens is 643 g/mol. The Bertz CT molecular complexity index is 3220. The van der Waals surface area contributed by atoms with E-state index in [1.165, 1.54) is 70.6 Å². The minimum Gasteiger partial charge on any atom is -0.454 e. The van der Waals surface area contributed by atoms with Gasteiger partial charge >= 0.3 is 0 Å². The summed E-state index contributed by atoms with van der Waals surface area (Å²) in [7, 11) is 0. The summed E-state index contributed by atoms with van der Waals surface area (Å²) >= 11 is 0. The zero-order chi connectivity index (χ0) is 34.9. The van der Waals surface area contributed by atoms with E-state index < -0.39 is 0 Å². The number of para-hydroxylation sites is 1. The summed E-state index contributed by atoms with van der Waals surface area (Å²) in [4.78, 5) is 4.78. The van der Waals surface area contributed by atoms with Crippen molar-refractivity contribution >= 4 is 66.4 Å². The molecule has 1 aliphatic carbocycles. The van der Waals surface area contributed by atoms with E-state index >= 15 is 0 Å². The molecule has 10 aromatic rings. The van der Waals surface area contributed by atoms with Crippen LogP contribution >= 0.6 is 0 Å². The molecule has 2 heteroatoms. The van der Waals surface area contributed by atoms with Crippen molar-refractivity contribution in [2.24, 2.45) is 0 Å². The van der Waals surface area contributed by atoms with Crippen LogP contribution in [0.25, 0.3) is 111 Å². The van der Waals surface area contributed by atoms with Crippen molar-refractivity contribution in [3.05, 3.63) is 174 Å². The number of nitrogens with zero attached hydrogens (tertiary/aromatic N) is 1. The molecule has 0 unspecified atom stereocenters. The third-order valence-electron chi connectivity index (χ3n) is 11.1. The van der Waals surface area contributed by atoms with Gasteiger partial charge in [-0.25, -0.2) is 0 Å². The van der Waals surface area contributed by atoms with Gasteiger partial charge in [-0.1, -0.05) is 140 Å². The molecule has 0 fully saturated rings. The number of benzene rings is 8. The second-order valence-corrected chi connectivity index (χ2v) is 14.2. The Morgan fingerprint density at radius 3 is 1.66 bits per heavy atom. The topological polar surface area (TPSA) is 26.0 Å². The summed E-state index contributed by atoms with van der Waals surface area (Å²) in [5.74, 6) is 0. The lowest BCUT2D eigenvalue weighted by molar-refractivity contribution is 0.668. The number of fused-ring (bicyclic) bond motifs is 7. The van der Waals surface area contributed by atoms with Crippen molar-refractivity contribution in [2.75, 3.05) is 0 Å². The monoisotopic (exact) mass is 675 g/mol. The van der Waals surface area contributed by atoms with Gasteiger partial charge in [0.05, 0.1) is 0 Å². The van der Waals surface area contributed by atoms with Gasteiger partial charge in [0.15, 0.2) is 5.58 Å². The summed E-state index contributed by atoms with van der Waals surface area (Å²) in [6.07, 6.45) is 8.89. The molecule has 0 aliphatic heterocycles. The highest BCUT2D eigenvalue weighted by Crippen LogP contribution is 2.38. The Labute approximate surface area is 306 Å². The summed E-state index contributed by atoms with van der Waals surface area (Å²) in [6, 6.07) is 57.3. The zero-order valence-electron chi connectivity index (χ0n) is 29.0. The molecule has 0 amide bonds. The minimum absolute atomic E-state index is 0.825. The SMILES string of the molecule is C1=c2c(-c3ccc4ccccc4c3)c3ccc(-c4ccc(-c5nccc6c5oc5ccccc56)cc4)cc3c(-c3ccc4ccccc4c3)c2=CCC1. The molecule has 0 radical (unpaired) electrons. The van der Waals surface area contributed by atoms with Gasteiger partial charge in [-0.05, 0) is 119 Å². The predicted octanol–water partition coefficient (Wildman–Crippen LogP) is 12.5. The van der Waals surface area contributed by atoms with Crippen LogP contribution in [0.3, 0.4) is 0 Å². The first-order valence-electron chi connectivity index (χ1n) is 18.4. The maximum absolute atomic E-state index is 6.33. The third-order valence-corrected chi connectivity index (χ3v) is 11.1. The molecule has 11 rings (SSSR count). The summed E-state index contributed by atoms with van der Waals surface area (Å²) in [6.45, 7) is 0. The number of aromatic nitrogens is 1. The number of pyridine rings is 1. The van der Waals surface area contributed by atoms with Crippen LogP contribution in [0.15, 0.2) is 168 Å². The summed E-state index contributed by atoms with van der Waals surface area (Å²) in [5.41, 5.74) is 11.1. The Morgan fingerprint density at radius 1 is 0.396 bits per heavy atom. The van der Waals surface area contributed by atoms with E-state index in [4.69, 9.17) is 9.40 Å². The molecule has 0 bridgehead atoms. The van der Waals surface area contributed by atoms with Gasteiger partial charge in [-0.15, -0.1) is 0 Å². The van der Waals surface area contributed by atoms with Crippen LogP contribution in [0, 0.1) is 0 Å². The van der Waals surface area contributed by atoms with Crippen molar-refractivity contribution in [3.63, 3.8) is 0 Å². The quantitative estimate of drug-likeness (QED) is 0.186. The Hall–Kier alpha value is -6.77. The average molecular weight is 676 g/mol. The van der Waals surface area contributed by atoms with Crippen molar-refractivity contribution in [3.8, 4) is 44.6 Å². The second kappa shape index (κ2) is 11.9. The number of furan rings is 1. The van der Waals surface area contributed by atoms with E-state index in [1.807, 2.05) is 24.4 Å². The Balaban J connectivity index is 1.13. The van der Waals surface area contributed by atoms with Crippen molar-refractivity contribution in [2.45, 2.75) is 12.8 Å². The minimum atomic E-state index is 0.825. The van der Waals surface area contributed by atoms with Crippen LogP contribution in [0.4, 0.5) is 0 Å². The number of hydrogen-bond acceptors (Lipinski definition) is 2. The van der Waals surface area contributed by atoms with E-state index in [0.29, 0.717) is 0 Å². The van der Waals surface area contributed by atoms with E-state index in [-0.39, 0.29) is 0 Å². The Kier molecular flexibility index (Phi) is 6.72. The number of hydrogen-bond donors (Lipinski definition) is 0. The first-order chi connectivity index (χ1) is 26.3. The van der Waals surface area contributed by atoms with Crippen LogP contribution in [0.5, 0.6) is 0 Å². The lowest BCUT2D eigenvalue weighted by atomic mass is 9.84. The fourth-order valence-electron chi connectivity index (χ4n) is 8.58. The van der Waals surface area contributed by atoms with Crippen LogP contribution in [0.1, 0.15) is 12.8 Å². The van der Waals surface area contributed by atoms with Crippen molar-refractivity contribution in [1.82, 2.24) is 4.98 Å². The van der Waals surface area contributed by atoms with Gasteiger partial charge in [-0.2, -0.15) is 0 Å². The van der Waals surface area contributed by atoms with Crippen molar-refractivity contribution < 1.29 is 4.42 Å². The predicted molar refractivity (Wildman–Crippen MR) is 223 cm³/mol. The largest absolute Gasteiger partial charge is 0.454 e. The molecule has 0 spiro atoms. The second-order valence-electron chi connectivity index (χ2n) is 14.2. The van der Waals surface area contributed by atoms with E-state index in [9.17, 15) is 0 Å². The van der Waals surface area contributed by atoms with E-state index in [0.717, 1.165) is 51.6 Å². The van der Waals surface area contributed by atoms with Crippen molar-refractivity contribution in [1.29, 1.82) is 0 Å². The molecule has 8 aromatic carbocycles. The van der Waals surface area contributed by atoms with Gasteiger partial charge in [-0.3, -0.25) is 4.98 Å². The molecule has 53 heavy (non-hydrogen) atoms. The highest BCUT2D eigenvalue weighted by Gasteiger charge is 2.18. The lowest BCUT2D eigenvalue weighted by Crippen LogP contribution is -2.31. The smallest absolute Gasteiger partial charge is 0.161 e. The molecule has 2 heterocycles.